The first-order valence-corrected chi connectivity index (χ1v) is 6.20. The van der Waals surface area contributed by atoms with Crippen LogP contribution in [0.2, 0.25) is 0 Å². The first-order valence-electron chi connectivity index (χ1n) is 5.38. The molecule has 0 spiro atoms. The van der Waals surface area contributed by atoms with Crippen molar-refractivity contribution in [3.8, 4) is 5.75 Å². The van der Waals surface area contributed by atoms with Crippen LogP contribution in [-0.2, 0) is 0 Å². The van der Waals surface area contributed by atoms with Crippen LogP contribution >= 0.6 is 11.8 Å². The van der Waals surface area contributed by atoms with Crippen molar-refractivity contribution in [3.63, 3.8) is 0 Å². The van der Waals surface area contributed by atoms with E-state index in [2.05, 4.69) is 11.9 Å². The van der Waals surface area contributed by atoms with Gasteiger partial charge in [0.05, 0.1) is 12.8 Å². The monoisotopic (exact) mass is 250 g/mol. The quantitative estimate of drug-likeness (QED) is 0.826. The Hall–Kier alpha value is -1.62. The van der Waals surface area contributed by atoms with Gasteiger partial charge in [-0.25, -0.2) is 4.98 Å². The summed E-state index contributed by atoms with van der Waals surface area (Å²) in [5, 5.41) is 0.594. The van der Waals surface area contributed by atoms with Gasteiger partial charge in [0.15, 0.2) is 0 Å². The third-order valence-electron chi connectivity index (χ3n) is 1.99. The predicted octanol–water partition coefficient (Wildman–Crippen LogP) is 3.20. The Labute approximate surface area is 104 Å². The topological polar surface area (TPSA) is 61.3 Å². The van der Waals surface area contributed by atoms with Crippen LogP contribution in [0.4, 0.5) is 5.69 Å². The third kappa shape index (κ3) is 3.42. The number of nitrogens with zero attached hydrogens (tertiary/aromatic N) is 1. The van der Waals surface area contributed by atoms with Gasteiger partial charge in [-0.05, 0) is 30.3 Å². The maximum absolute atomic E-state index is 5.82. The van der Waals surface area contributed by atoms with Crippen LogP contribution in [-0.4, -0.2) is 11.6 Å². The van der Waals surface area contributed by atoms with Crippen LogP contribution in [0.5, 0.6) is 5.75 Å². The second-order valence-electron chi connectivity index (χ2n) is 3.49. The number of benzene rings is 1. The standard InChI is InChI=1S/C12H14N2O2S/c1-2-4-15-10-6-9(13)7-11(8-10)17-12-14-3-5-16-12/h3,5-8H,2,4,13H2,1H3. The lowest BCUT2D eigenvalue weighted by molar-refractivity contribution is 0.317. The molecule has 0 saturated carbocycles. The molecule has 5 heteroatoms. The molecule has 1 aromatic heterocycles. The molecule has 0 fully saturated rings. The third-order valence-corrected chi connectivity index (χ3v) is 2.84. The zero-order chi connectivity index (χ0) is 12.1. The molecule has 2 rings (SSSR count). The van der Waals surface area contributed by atoms with Crippen molar-refractivity contribution in [2.45, 2.75) is 23.5 Å². The molecule has 90 valence electrons. The number of nitrogens with two attached hydrogens (primary N) is 1. The molecule has 1 aromatic carbocycles. The Bertz CT molecular complexity index is 471. The molecule has 4 nitrogen and oxygen atoms in total. The Kier molecular flexibility index (Phi) is 3.93. The average molecular weight is 250 g/mol. The van der Waals surface area contributed by atoms with Crippen LogP contribution in [0.3, 0.4) is 0 Å². The highest BCUT2D eigenvalue weighted by Crippen LogP contribution is 2.31. The molecule has 2 N–H and O–H groups in total. The molecule has 0 unspecified atom stereocenters. The summed E-state index contributed by atoms with van der Waals surface area (Å²) in [4.78, 5) is 5.00. The number of ether oxygens (including phenoxy) is 1. The summed E-state index contributed by atoms with van der Waals surface area (Å²) in [7, 11) is 0. The number of anilines is 1. The number of oxazole rings is 1. The zero-order valence-corrected chi connectivity index (χ0v) is 10.4. The van der Waals surface area contributed by atoms with Crippen LogP contribution in [0.25, 0.3) is 0 Å². The molecule has 1 heterocycles. The summed E-state index contributed by atoms with van der Waals surface area (Å²) in [5.74, 6) is 0.779. The van der Waals surface area contributed by atoms with Gasteiger partial charge in [0.25, 0.3) is 5.22 Å². The van der Waals surface area contributed by atoms with Crippen molar-refractivity contribution in [3.05, 3.63) is 30.7 Å². The summed E-state index contributed by atoms with van der Waals surface area (Å²) in [5.41, 5.74) is 6.49. The van der Waals surface area contributed by atoms with E-state index in [0.717, 1.165) is 17.1 Å². The summed E-state index contributed by atoms with van der Waals surface area (Å²) in [6.07, 6.45) is 4.13. The van der Waals surface area contributed by atoms with Gasteiger partial charge in [-0.3, -0.25) is 0 Å². The largest absolute Gasteiger partial charge is 0.493 e. The van der Waals surface area contributed by atoms with E-state index in [1.165, 1.54) is 11.8 Å². The van der Waals surface area contributed by atoms with Crippen LogP contribution in [0.15, 0.2) is 45.2 Å². The van der Waals surface area contributed by atoms with Gasteiger partial charge in [0.1, 0.15) is 12.0 Å². The average Bonchev–Trinajstić information content (AvgIpc) is 2.78. The van der Waals surface area contributed by atoms with E-state index < -0.39 is 0 Å². The Morgan fingerprint density at radius 3 is 3.00 bits per heavy atom. The van der Waals surface area contributed by atoms with Gasteiger partial charge in [-0.2, -0.15) is 0 Å². The minimum atomic E-state index is 0.594. The lowest BCUT2D eigenvalue weighted by Gasteiger charge is -2.07. The fraction of sp³-hybridized carbons (Fsp3) is 0.250. The van der Waals surface area contributed by atoms with Gasteiger partial charge >= 0.3 is 0 Å². The summed E-state index contributed by atoms with van der Waals surface area (Å²) >= 11 is 1.42. The molecule has 0 saturated heterocycles. The highest BCUT2D eigenvalue weighted by Gasteiger charge is 2.05. The van der Waals surface area contributed by atoms with Crippen LogP contribution in [0.1, 0.15) is 13.3 Å². The minimum absolute atomic E-state index is 0.594. The van der Waals surface area contributed by atoms with E-state index in [0.29, 0.717) is 17.5 Å². The smallest absolute Gasteiger partial charge is 0.260 e. The zero-order valence-electron chi connectivity index (χ0n) is 9.55. The fourth-order valence-corrected chi connectivity index (χ4v) is 2.11. The molecular formula is C12H14N2O2S. The van der Waals surface area contributed by atoms with Gasteiger partial charge in [-0.1, -0.05) is 6.92 Å². The second kappa shape index (κ2) is 5.63. The second-order valence-corrected chi connectivity index (χ2v) is 4.51. The van der Waals surface area contributed by atoms with Crippen molar-refractivity contribution < 1.29 is 9.15 Å². The van der Waals surface area contributed by atoms with E-state index in [-0.39, 0.29) is 0 Å². The van der Waals surface area contributed by atoms with Gasteiger partial charge in [0.2, 0.25) is 0 Å². The van der Waals surface area contributed by atoms with Crippen LogP contribution < -0.4 is 10.5 Å². The summed E-state index contributed by atoms with van der Waals surface area (Å²) < 4.78 is 10.7. The molecule has 0 amide bonds. The number of aromatic nitrogens is 1. The first-order chi connectivity index (χ1) is 8.28. The molecule has 17 heavy (non-hydrogen) atoms. The molecule has 0 aliphatic carbocycles. The van der Waals surface area contributed by atoms with E-state index in [4.69, 9.17) is 14.9 Å². The lowest BCUT2D eigenvalue weighted by atomic mass is 10.3. The van der Waals surface area contributed by atoms with Crippen molar-refractivity contribution >= 4 is 17.4 Å². The normalized spacial score (nSPS) is 10.4. The van der Waals surface area contributed by atoms with E-state index >= 15 is 0 Å². The Balaban J connectivity index is 2.13. The molecule has 0 aliphatic rings. The summed E-state index contributed by atoms with van der Waals surface area (Å²) in [6, 6.07) is 5.61. The van der Waals surface area contributed by atoms with E-state index in [9.17, 15) is 0 Å². The van der Waals surface area contributed by atoms with Crippen LogP contribution in [0, 0.1) is 0 Å². The van der Waals surface area contributed by atoms with Crippen molar-refractivity contribution in [1.29, 1.82) is 0 Å². The van der Waals surface area contributed by atoms with E-state index in [1.54, 1.807) is 12.5 Å². The molecule has 0 radical (unpaired) electrons. The number of nitrogen functional groups attached to an aromatic ring is 1. The van der Waals surface area contributed by atoms with Crippen molar-refractivity contribution in [2.24, 2.45) is 0 Å². The number of hydrogen-bond donors (Lipinski definition) is 1. The highest BCUT2D eigenvalue weighted by atomic mass is 32.2. The van der Waals surface area contributed by atoms with Gasteiger partial charge < -0.3 is 14.9 Å². The molecule has 0 bridgehead atoms. The maximum Gasteiger partial charge on any atom is 0.260 e. The van der Waals surface area contributed by atoms with Crippen molar-refractivity contribution in [2.75, 3.05) is 12.3 Å². The highest BCUT2D eigenvalue weighted by molar-refractivity contribution is 7.99. The Morgan fingerprint density at radius 1 is 1.41 bits per heavy atom. The van der Waals surface area contributed by atoms with Crippen molar-refractivity contribution in [1.82, 2.24) is 4.98 Å². The molecule has 2 aromatic rings. The SMILES string of the molecule is CCCOc1cc(N)cc(Sc2ncco2)c1. The van der Waals surface area contributed by atoms with E-state index in [1.807, 2.05) is 18.2 Å². The number of hydrogen-bond acceptors (Lipinski definition) is 5. The molecule has 0 atom stereocenters. The fourth-order valence-electron chi connectivity index (χ4n) is 1.32. The summed E-state index contributed by atoms with van der Waals surface area (Å²) in [6.45, 7) is 2.75. The Morgan fingerprint density at radius 2 is 2.29 bits per heavy atom. The first kappa shape index (κ1) is 11.9. The predicted molar refractivity (Wildman–Crippen MR) is 67.3 cm³/mol. The lowest BCUT2D eigenvalue weighted by Crippen LogP contribution is -1.96. The number of rotatable bonds is 5. The maximum atomic E-state index is 5.82. The molecule has 0 aliphatic heterocycles. The van der Waals surface area contributed by atoms with Gasteiger partial charge in [-0.15, -0.1) is 0 Å². The van der Waals surface area contributed by atoms with Gasteiger partial charge in [0, 0.05) is 16.6 Å². The minimum Gasteiger partial charge on any atom is -0.493 e. The molecular weight excluding hydrogens is 236 g/mol.